The molecule has 242 valence electrons. The van der Waals surface area contributed by atoms with E-state index in [2.05, 4.69) is 164 Å². The van der Waals surface area contributed by atoms with Crippen LogP contribution in [0, 0.1) is 0 Å². The van der Waals surface area contributed by atoms with Gasteiger partial charge in [0.2, 0.25) is 0 Å². The summed E-state index contributed by atoms with van der Waals surface area (Å²) < 4.78 is 13.1. The molecule has 0 aliphatic carbocycles. The Labute approximate surface area is 299 Å². The molecule has 0 aliphatic heterocycles. The van der Waals surface area contributed by atoms with Crippen molar-refractivity contribution in [2.75, 3.05) is 0 Å². The lowest BCUT2D eigenvalue weighted by atomic mass is 9.83. The van der Waals surface area contributed by atoms with Gasteiger partial charge in [0, 0.05) is 21.5 Å². The van der Waals surface area contributed by atoms with Crippen LogP contribution in [0.4, 0.5) is 0 Å². The fraction of sp³-hybridized carbons (Fsp3) is 0. The van der Waals surface area contributed by atoms with Gasteiger partial charge in [-0.15, -0.1) is 0 Å². The molecule has 0 fully saturated rings. The van der Waals surface area contributed by atoms with Gasteiger partial charge in [0.1, 0.15) is 22.3 Å². The number of furan rings is 2. The van der Waals surface area contributed by atoms with E-state index in [4.69, 9.17) is 8.83 Å². The zero-order chi connectivity index (χ0) is 34.2. The van der Waals surface area contributed by atoms with Crippen molar-refractivity contribution in [2.24, 2.45) is 0 Å². The van der Waals surface area contributed by atoms with Gasteiger partial charge in [0.15, 0.2) is 0 Å². The minimum Gasteiger partial charge on any atom is -0.456 e. The molecule has 0 amide bonds. The summed E-state index contributed by atoms with van der Waals surface area (Å²) in [6.45, 7) is 0. The number of fused-ring (bicyclic) bond motifs is 8. The summed E-state index contributed by atoms with van der Waals surface area (Å²) in [6, 6.07) is 65.1. The third-order valence-electron chi connectivity index (χ3n) is 10.7. The van der Waals surface area contributed by atoms with Crippen LogP contribution >= 0.6 is 0 Å². The first-order chi connectivity index (χ1) is 25.8. The van der Waals surface area contributed by atoms with Crippen LogP contribution in [0.5, 0.6) is 0 Å². The van der Waals surface area contributed by atoms with Gasteiger partial charge in [-0.05, 0) is 102 Å². The standard InChI is InChI=1S/C50H30O2/c1-3-14-31(15-4-1)33-26-27-38-41(28-33)47(32-16-5-2-6-17-32)36-18-7-8-19-37(36)48(38)42-29-34(30-46-50(42)40-21-10-12-24-44(40)52-46)35-22-13-25-45-49(35)39-20-9-11-23-43(39)51-45/h1-30H. The smallest absolute Gasteiger partial charge is 0.136 e. The predicted octanol–water partition coefficient (Wildman–Crippen LogP) is 14.5. The van der Waals surface area contributed by atoms with Crippen molar-refractivity contribution in [3.8, 4) is 44.5 Å². The first kappa shape index (κ1) is 28.9. The molecule has 0 spiro atoms. The van der Waals surface area contributed by atoms with Gasteiger partial charge in [0.25, 0.3) is 0 Å². The van der Waals surface area contributed by atoms with Crippen molar-refractivity contribution >= 4 is 65.4 Å². The van der Waals surface area contributed by atoms with Crippen LogP contribution < -0.4 is 0 Å². The van der Waals surface area contributed by atoms with E-state index in [0.29, 0.717) is 0 Å². The highest BCUT2D eigenvalue weighted by Crippen LogP contribution is 2.49. The highest BCUT2D eigenvalue weighted by Gasteiger charge is 2.23. The maximum atomic E-state index is 6.73. The highest BCUT2D eigenvalue weighted by atomic mass is 16.3. The Morgan fingerprint density at radius 1 is 0.250 bits per heavy atom. The van der Waals surface area contributed by atoms with E-state index in [-0.39, 0.29) is 0 Å². The lowest BCUT2D eigenvalue weighted by Crippen LogP contribution is -1.93. The van der Waals surface area contributed by atoms with Gasteiger partial charge in [0.05, 0.1) is 0 Å². The molecule has 0 atom stereocenters. The topological polar surface area (TPSA) is 26.3 Å². The Morgan fingerprint density at radius 3 is 1.50 bits per heavy atom. The average molecular weight is 663 g/mol. The first-order valence-corrected chi connectivity index (χ1v) is 17.8. The zero-order valence-corrected chi connectivity index (χ0v) is 28.1. The lowest BCUT2D eigenvalue weighted by molar-refractivity contribution is 0.668. The van der Waals surface area contributed by atoms with Gasteiger partial charge in [-0.3, -0.25) is 0 Å². The van der Waals surface area contributed by atoms with E-state index in [1.54, 1.807) is 0 Å². The molecule has 0 saturated heterocycles. The lowest BCUT2D eigenvalue weighted by Gasteiger charge is -2.20. The van der Waals surface area contributed by atoms with E-state index < -0.39 is 0 Å². The van der Waals surface area contributed by atoms with Crippen LogP contribution in [0.3, 0.4) is 0 Å². The van der Waals surface area contributed by atoms with Gasteiger partial charge < -0.3 is 8.83 Å². The number of rotatable bonds is 4. The van der Waals surface area contributed by atoms with Gasteiger partial charge >= 0.3 is 0 Å². The average Bonchev–Trinajstić information content (AvgIpc) is 3.79. The van der Waals surface area contributed by atoms with Crippen LogP contribution in [0.15, 0.2) is 191 Å². The third kappa shape index (κ3) is 4.31. The van der Waals surface area contributed by atoms with Gasteiger partial charge in [-0.25, -0.2) is 0 Å². The molecular formula is C50H30O2. The van der Waals surface area contributed by atoms with Crippen molar-refractivity contribution in [2.45, 2.75) is 0 Å². The van der Waals surface area contributed by atoms with Gasteiger partial charge in [-0.2, -0.15) is 0 Å². The summed E-state index contributed by atoms with van der Waals surface area (Å²) in [5, 5.41) is 9.29. The highest BCUT2D eigenvalue weighted by molar-refractivity contribution is 6.27. The molecule has 0 saturated carbocycles. The summed E-state index contributed by atoms with van der Waals surface area (Å²) in [4.78, 5) is 0. The largest absolute Gasteiger partial charge is 0.456 e. The van der Waals surface area contributed by atoms with Crippen LogP contribution in [-0.4, -0.2) is 0 Å². The number of hydrogen-bond acceptors (Lipinski definition) is 2. The third-order valence-corrected chi connectivity index (χ3v) is 10.7. The minimum absolute atomic E-state index is 0.865. The second-order valence-electron chi connectivity index (χ2n) is 13.6. The summed E-state index contributed by atoms with van der Waals surface area (Å²) in [5.41, 5.74) is 12.9. The fourth-order valence-electron chi connectivity index (χ4n) is 8.42. The molecule has 9 aromatic carbocycles. The first-order valence-electron chi connectivity index (χ1n) is 17.8. The van der Waals surface area contributed by atoms with Crippen LogP contribution in [0.25, 0.3) is 110 Å². The molecule has 11 aromatic rings. The normalized spacial score (nSPS) is 11.8. The maximum Gasteiger partial charge on any atom is 0.136 e. The molecular weight excluding hydrogens is 633 g/mol. The Balaban J connectivity index is 1.31. The molecule has 2 heterocycles. The van der Waals surface area contributed by atoms with Gasteiger partial charge in [-0.1, -0.05) is 146 Å². The SMILES string of the molecule is c1ccc(-c2ccc3c(-c4cc(-c5cccc6oc7ccccc7c56)cc5oc6ccccc6c45)c4ccccc4c(-c4ccccc4)c3c2)cc1. The maximum absolute atomic E-state index is 6.73. The molecule has 0 radical (unpaired) electrons. The summed E-state index contributed by atoms with van der Waals surface area (Å²) in [5.74, 6) is 0. The van der Waals surface area contributed by atoms with Crippen molar-refractivity contribution < 1.29 is 8.83 Å². The van der Waals surface area contributed by atoms with Crippen LogP contribution in [0.2, 0.25) is 0 Å². The summed E-state index contributed by atoms with van der Waals surface area (Å²) in [7, 11) is 0. The monoisotopic (exact) mass is 662 g/mol. The van der Waals surface area contributed by atoms with E-state index in [1.807, 2.05) is 18.2 Å². The van der Waals surface area contributed by atoms with E-state index in [9.17, 15) is 0 Å². The van der Waals surface area contributed by atoms with Crippen molar-refractivity contribution in [1.29, 1.82) is 0 Å². The van der Waals surface area contributed by atoms with E-state index >= 15 is 0 Å². The molecule has 2 nitrogen and oxygen atoms in total. The zero-order valence-electron chi connectivity index (χ0n) is 28.1. The summed E-state index contributed by atoms with van der Waals surface area (Å²) in [6.07, 6.45) is 0. The fourth-order valence-corrected chi connectivity index (χ4v) is 8.42. The predicted molar refractivity (Wildman–Crippen MR) is 218 cm³/mol. The van der Waals surface area contributed by atoms with Crippen LogP contribution in [0.1, 0.15) is 0 Å². The minimum atomic E-state index is 0.865. The van der Waals surface area contributed by atoms with E-state index in [0.717, 1.165) is 60.6 Å². The molecule has 0 bridgehead atoms. The van der Waals surface area contributed by atoms with E-state index in [1.165, 1.54) is 49.4 Å². The molecule has 0 aliphatic rings. The summed E-state index contributed by atoms with van der Waals surface area (Å²) >= 11 is 0. The molecule has 0 unspecified atom stereocenters. The molecule has 2 heteroatoms. The second-order valence-corrected chi connectivity index (χ2v) is 13.6. The number of para-hydroxylation sites is 2. The Kier molecular flexibility index (Phi) is 6.28. The Bertz CT molecular complexity index is 3160. The molecule has 0 N–H and O–H groups in total. The van der Waals surface area contributed by atoms with Crippen molar-refractivity contribution in [3.63, 3.8) is 0 Å². The molecule has 11 rings (SSSR count). The van der Waals surface area contributed by atoms with Crippen LogP contribution in [-0.2, 0) is 0 Å². The quantitative estimate of drug-likeness (QED) is 0.175. The van der Waals surface area contributed by atoms with Crippen molar-refractivity contribution in [1.82, 2.24) is 0 Å². The van der Waals surface area contributed by atoms with Crippen molar-refractivity contribution in [3.05, 3.63) is 182 Å². The Morgan fingerprint density at radius 2 is 0.788 bits per heavy atom. The number of hydrogen-bond donors (Lipinski definition) is 0. The molecule has 2 aromatic heterocycles. The molecule has 52 heavy (non-hydrogen) atoms. The number of benzene rings is 9. The second kappa shape index (κ2) is 11.3. The Hall–Kier alpha value is -6.90.